The van der Waals surface area contributed by atoms with Crippen LogP contribution in [-0.2, 0) is 26.1 Å². The van der Waals surface area contributed by atoms with Gasteiger partial charge >= 0.3 is 5.97 Å². The lowest BCUT2D eigenvalue weighted by atomic mass is 10.2. The summed E-state index contributed by atoms with van der Waals surface area (Å²) in [6.45, 7) is 3.36. The van der Waals surface area contributed by atoms with Crippen molar-refractivity contribution in [2.24, 2.45) is 0 Å². The summed E-state index contributed by atoms with van der Waals surface area (Å²) in [5.41, 5.74) is -0.539. The Morgan fingerprint density at radius 3 is 2.07 bits per heavy atom. The molecule has 2 aromatic carbocycles. The minimum atomic E-state index is -5.01. The van der Waals surface area contributed by atoms with Gasteiger partial charge in [-0.2, -0.15) is 4.31 Å². The number of benzene rings is 2. The molecule has 30 heavy (non-hydrogen) atoms. The van der Waals surface area contributed by atoms with Crippen molar-refractivity contribution in [3.63, 3.8) is 0 Å². The van der Waals surface area contributed by atoms with Crippen LogP contribution in [0.25, 0.3) is 0 Å². The van der Waals surface area contributed by atoms with Crippen molar-refractivity contribution in [2.45, 2.75) is 37.8 Å². The number of halogens is 5. The Morgan fingerprint density at radius 1 is 1.00 bits per heavy atom. The monoisotopic (exact) mass is 511 g/mol. The van der Waals surface area contributed by atoms with Crippen LogP contribution in [0, 0.1) is 23.3 Å². The molecule has 0 aliphatic rings. The van der Waals surface area contributed by atoms with E-state index in [0.29, 0.717) is 9.87 Å². The highest BCUT2D eigenvalue weighted by molar-refractivity contribution is 9.10. The number of carbonyl (C=O) groups excluding carboxylic acids is 1. The molecular formula is C19H18BrF4NO4S. The number of nitrogens with zero attached hydrogens (tertiary/aromatic N) is 1. The molecule has 0 aromatic heterocycles. The standard InChI is InChI=1S/C19H18BrF4NO4S/c1-19(2,3)29-12(26)10-25(9-11-7-5-4-6-8-11)30(27,28)18-13(20)14(21)15(22)16(23)17(18)24/h4-8H,9-10H2,1-3H3. The zero-order valence-corrected chi connectivity index (χ0v) is 18.6. The molecule has 0 N–H and O–H groups in total. The third-order valence-corrected chi connectivity index (χ3v) is 6.54. The second-order valence-electron chi connectivity index (χ2n) is 7.24. The van der Waals surface area contributed by atoms with Crippen molar-refractivity contribution in [1.29, 1.82) is 0 Å². The second-order valence-corrected chi connectivity index (χ2v) is 9.91. The van der Waals surface area contributed by atoms with Gasteiger partial charge in [0, 0.05) is 6.54 Å². The van der Waals surface area contributed by atoms with Crippen LogP contribution < -0.4 is 0 Å². The van der Waals surface area contributed by atoms with E-state index in [1.807, 2.05) is 0 Å². The zero-order valence-electron chi connectivity index (χ0n) is 16.2. The lowest BCUT2D eigenvalue weighted by Crippen LogP contribution is -2.39. The third-order valence-electron chi connectivity index (χ3n) is 3.69. The van der Waals surface area contributed by atoms with Crippen molar-refractivity contribution in [1.82, 2.24) is 4.31 Å². The lowest BCUT2D eigenvalue weighted by molar-refractivity contribution is -0.155. The largest absolute Gasteiger partial charge is 0.459 e. The van der Waals surface area contributed by atoms with Crippen LogP contribution >= 0.6 is 15.9 Å². The summed E-state index contributed by atoms with van der Waals surface area (Å²) in [7, 11) is -5.01. The fourth-order valence-electron chi connectivity index (χ4n) is 2.47. The maximum atomic E-state index is 14.4. The van der Waals surface area contributed by atoms with E-state index in [9.17, 15) is 30.8 Å². The van der Waals surface area contributed by atoms with Crippen molar-refractivity contribution in [3.05, 3.63) is 63.6 Å². The van der Waals surface area contributed by atoms with Gasteiger partial charge in [-0.3, -0.25) is 4.79 Å². The second kappa shape index (κ2) is 9.03. The van der Waals surface area contributed by atoms with Gasteiger partial charge in [-0.15, -0.1) is 0 Å². The highest BCUT2D eigenvalue weighted by Gasteiger charge is 2.37. The van der Waals surface area contributed by atoms with Gasteiger partial charge in [0.05, 0.1) is 4.47 Å². The van der Waals surface area contributed by atoms with Gasteiger partial charge in [-0.05, 0) is 42.3 Å². The van der Waals surface area contributed by atoms with Crippen LogP contribution in [0.4, 0.5) is 17.6 Å². The van der Waals surface area contributed by atoms with Gasteiger partial charge < -0.3 is 4.74 Å². The van der Waals surface area contributed by atoms with E-state index in [1.165, 1.54) is 12.1 Å². The lowest BCUT2D eigenvalue weighted by Gasteiger charge is -2.25. The molecule has 5 nitrogen and oxygen atoms in total. The summed E-state index contributed by atoms with van der Waals surface area (Å²) < 4.78 is 86.2. The molecule has 0 fully saturated rings. The molecule has 0 bridgehead atoms. The summed E-state index contributed by atoms with van der Waals surface area (Å²) in [4.78, 5) is 10.8. The van der Waals surface area contributed by atoms with Crippen molar-refractivity contribution < 1.29 is 35.5 Å². The first-order valence-electron chi connectivity index (χ1n) is 8.53. The van der Waals surface area contributed by atoms with E-state index in [1.54, 1.807) is 39.0 Å². The summed E-state index contributed by atoms with van der Waals surface area (Å²) in [6.07, 6.45) is 0. The van der Waals surface area contributed by atoms with E-state index >= 15 is 0 Å². The average molecular weight is 512 g/mol. The van der Waals surface area contributed by atoms with E-state index in [-0.39, 0.29) is 0 Å². The average Bonchev–Trinajstić information content (AvgIpc) is 2.63. The van der Waals surface area contributed by atoms with Crippen LogP contribution in [0.5, 0.6) is 0 Å². The quantitative estimate of drug-likeness (QED) is 0.247. The predicted octanol–water partition coefficient (Wildman–Crippen LogP) is 4.54. The van der Waals surface area contributed by atoms with Crippen LogP contribution in [0.2, 0.25) is 0 Å². The maximum absolute atomic E-state index is 14.4. The number of hydrogen-bond donors (Lipinski definition) is 0. The molecule has 0 saturated carbocycles. The number of esters is 1. The number of carbonyl (C=O) groups is 1. The molecule has 11 heteroatoms. The molecule has 0 spiro atoms. The van der Waals surface area contributed by atoms with Gasteiger partial charge in [0.1, 0.15) is 17.0 Å². The summed E-state index contributed by atoms with van der Waals surface area (Å²) >= 11 is 2.48. The Labute approximate surface area is 179 Å². The first kappa shape index (κ1) is 24.3. The van der Waals surface area contributed by atoms with Gasteiger partial charge in [0.15, 0.2) is 23.3 Å². The highest BCUT2D eigenvalue weighted by atomic mass is 79.9. The topological polar surface area (TPSA) is 63.7 Å². The van der Waals surface area contributed by atoms with Gasteiger partial charge in [-0.25, -0.2) is 26.0 Å². The molecule has 0 aliphatic carbocycles. The normalized spacial score (nSPS) is 12.3. The molecule has 0 heterocycles. The van der Waals surface area contributed by atoms with E-state index in [0.717, 1.165) is 0 Å². The van der Waals surface area contributed by atoms with Crippen LogP contribution in [0.1, 0.15) is 26.3 Å². The van der Waals surface area contributed by atoms with Crippen LogP contribution in [0.15, 0.2) is 39.7 Å². The van der Waals surface area contributed by atoms with Crippen molar-refractivity contribution >= 4 is 31.9 Å². The molecule has 164 valence electrons. The molecule has 0 radical (unpaired) electrons. The molecule has 2 rings (SSSR count). The Hall–Kier alpha value is -1.98. The van der Waals surface area contributed by atoms with E-state index in [2.05, 4.69) is 15.9 Å². The van der Waals surface area contributed by atoms with Gasteiger partial charge in [0.25, 0.3) is 0 Å². The molecule has 2 aromatic rings. The van der Waals surface area contributed by atoms with Crippen LogP contribution in [-0.4, -0.2) is 30.8 Å². The third kappa shape index (κ3) is 5.38. The molecule has 0 saturated heterocycles. The number of ether oxygens (including phenoxy) is 1. The van der Waals surface area contributed by atoms with Gasteiger partial charge in [-0.1, -0.05) is 30.3 Å². The van der Waals surface area contributed by atoms with E-state index in [4.69, 9.17) is 4.74 Å². The highest BCUT2D eigenvalue weighted by Crippen LogP contribution is 2.34. The first-order valence-corrected chi connectivity index (χ1v) is 10.8. The predicted molar refractivity (Wildman–Crippen MR) is 104 cm³/mol. The van der Waals surface area contributed by atoms with Crippen molar-refractivity contribution in [3.8, 4) is 0 Å². The minimum Gasteiger partial charge on any atom is -0.459 e. The fraction of sp³-hybridized carbons (Fsp3) is 0.316. The Kier molecular flexibility index (Phi) is 7.31. The number of hydrogen-bond acceptors (Lipinski definition) is 4. The number of sulfonamides is 1. The SMILES string of the molecule is CC(C)(C)OC(=O)CN(Cc1ccccc1)S(=O)(=O)c1c(F)c(F)c(F)c(F)c1Br. The van der Waals surface area contributed by atoms with Gasteiger partial charge in [0.2, 0.25) is 10.0 Å². The van der Waals surface area contributed by atoms with E-state index < -0.39 is 67.3 Å². The van der Waals surface area contributed by atoms with Crippen molar-refractivity contribution in [2.75, 3.05) is 6.54 Å². The first-order chi connectivity index (χ1) is 13.8. The minimum absolute atomic E-state index is 0.407. The number of rotatable bonds is 6. The molecule has 0 amide bonds. The fourth-order valence-corrected chi connectivity index (χ4v) is 4.92. The molecule has 0 atom stereocenters. The maximum Gasteiger partial charge on any atom is 0.321 e. The van der Waals surface area contributed by atoms with Crippen LogP contribution in [0.3, 0.4) is 0 Å². The zero-order chi connectivity index (χ0) is 22.9. The summed E-state index contributed by atoms with van der Waals surface area (Å²) in [6, 6.07) is 7.93. The molecular weight excluding hydrogens is 494 g/mol. The Morgan fingerprint density at radius 2 is 1.53 bits per heavy atom. The Balaban J connectivity index is 2.58. The molecule has 0 unspecified atom stereocenters. The molecule has 0 aliphatic heterocycles. The summed E-state index contributed by atoms with van der Waals surface area (Å²) in [5, 5.41) is 0. The Bertz CT molecular complexity index is 1030. The summed E-state index contributed by atoms with van der Waals surface area (Å²) in [5.74, 6) is -9.44. The smallest absolute Gasteiger partial charge is 0.321 e.